The normalized spacial score (nSPS) is 13.6. The second kappa shape index (κ2) is 14.3. The van der Waals surface area contributed by atoms with Crippen LogP contribution in [0, 0.1) is 0 Å². The molecule has 0 radical (unpaired) electrons. The number of nitrogens with one attached hydrogen (secondary N) is 2. The van der Waals surface area contributed by atoms with E-state index in [0.29, 0.717) is 72.6 Å². The third kappa shape index (κ3) is 7.65. The average Bonchev–Trinajstić information content (AvgIpc) is 3.99. The number of H-pyrrole nitrogens is 2. The molecule has 7 aromatic heterocycles. The zero-order valence-electron chi connectivity index (χ0n) is 29.5. The molecule has 0 aliphatic carbocycles. The Hall–Kier alpha value is -4.96. The zero-order valence-corrected chi connectivity index (χ0v) is 36.0. The molecule has 0 aromatic carbocycles. The van der Waals surface area contributed by atoms with Crippen LogP contribution in [0.15, 0.2) is 95.7 Å². The first-order valence-electron chi connectivity index (χ1n) is 16.7. The minimum Gasteiger partial charge on any atom is -0.355 e. The van der Waals surface area contributed by atoms with Crippen LogP contribution in [0.4, 0.5) is 0 Å². The van der Waals surface area contributed by atoms with E-state index in [2.05, 4.69) is 9.97 Å². The molecule has 7 aromatic rings. The van der Waals surface area contributed by atoms with Crippen LogP contribution in [0.5, 0.6) is 0 Å². The van der Waals surface area contributed by atoms with Gasteiger partial charge in [0, 0.05) is 52.8 Å². The van der Waals surface area contributed by atoms with Crippen LogP contribution in [0.3, 0.4) is 0 Å². The van der Waals surface area contributed by atoms with Crippen molar-refractivity contribution in [3.05, 3.63) is 107 Å². The Bertz CT molecular complexity index is 3680. The van der Waals surface area contributed by atoms with Gasteiger partial charge < -0.3 is 9.97 Å². The molecule has 0 amide bonds. The topological polar surface area (TPSA) is 275 Å². The first-order chi connectivity index (χ1) is 28.2. The van der Waals surface area contributed by atoms with E-state index in [1.165, 1.54) is 48.5 Å². The van der Waals surface area contributed by atoms with Gasteiger partial charge in [0.1, 0.15) is 16.8 Å². The Balaban J connectivity index is 1.54. The smallest absolute Gasteiger partial charge is 0.304 e. The summed E-state index contributed by atoms with van der Waals surface area (Å²) in [6.45, 7) is 0. The van der Waals surface area contributed by atoms with Gasteiger partial charge in [-0.05, 0) is 97.1 Å². The summed E-state index contributed by atoms with van der Waals surface area (Å²) in [7, 11) is -18.9. The van der Waals surface area contributed by atoms with E-state index in [4.69, 9.17) is 9.97 Å². The van der Waals surface area contributed by atoms with Gasteiger partial charge in [0.05, 0.1) is 33.8 Å². The molecule has 24 heteroatoms. The molecule has 9 heterocycles. The third-order valence-corrected chi connectivity index (χ3v) is 18.7. The molecule has 60 heavy (non-hydrogen) atoms. The van der Waals surface area contributed by atoms with E-state index >= 15 is 0 Å². The summed E-state index contributed by atoms with van der Waals surface area (Å²) >= 11 is 2.75. The minimum absolute atomic E-state index is 0.129. The molecule has 0 atom stereocenters. The molecule has 2 aliphatic rings. The molecule has 0 fully saturated rings. The summed E-state index contributed by atoms with van der Waals surface area (Å²) < 4.78 is 138. The predicted octanol–water partition coefficient (Wildman–Crippen LogP) is 8.31. The Morgan fingerprint density at radius 2 is 0.883 bits per heavy atom. The van der Waals surface area contributed by atoms with Crippen molar-refractivity contribution in [2.24, 2.45) is 0 Å². The Labute approximate surface area is 355 Å². The highest BCUT2D eigenvalue weighted by molar-refractivity contribution is 7.89. The molecular weight excluding hydrogens is 937 g/mol. The second-order valence-electron chi connectivity index (χ2n) is 13.0. The van der Waals surface area contributed by atoms with Gasteiger partial charge >= 0.3 is 40.5 Å². The quantitative estimate of drug-likeness (QED) is 0.0782. The number of hydrogen-bond acceptors (Lipinski definition) is 14. The number of hydrogen-bond donors (Lipinski definition) is 6. The van der Waals surface area contributed by atoms with Gasteiger partial charge in [-0.2, -0.15) is 33.7 Å². The van der Waals surface area contributed by atoms with Crippen LogP contribution in [-0.2, 0) is 40.5 Å². The van der Waals surface area contributed by atoms with Crippen molar-refractivity contribution in [3.8, 4) is 31.3 Å². The molecule has 0 unspecified atom stereocenters. The van der Waals surface area contributed by atoms with Gasteiger partial charge in [-0.15, -0.1) is 45.3 Å². The van der Waals surface area contributed by atoms with Crippen LogP contribution >= 0.6 is 45.3 Å². The molecule has 0 saturated heterocycles. The monoisotopic (exact) mass is 958 g/mol. The van der Waals surface area contributed by atoms with Gasteiger partial charge in [-0.1, -0.05) is 0 Å². The van der Waals surface area contributed by atoms with Gasteiger partial charge in [0.2, 0.25) is 0 Å². The van der Waals surface area contributed by atoms with E-state index in [1.54, 1.807) is 42.5 Å². The lowest BCUT2D eigenvalue weighted by Crippen LogP contribution is -1.93. The lowest BCUT2D eigenvalue weighted by Gasteiger charge is -2.09. The van der Waals surface area contributed by atoms with Crippen LogP contribution in [0.2, 0.25) is 0 Å². The van der Waals surface area contributed by atoms with Crippen molar-refractivity contribution in [1.82, 2.24) is 19.9 Å². The number of nitrogens with zero attached hydrogens (tertiary/aromatic N) is 2. The van der Waals surface area contributed by atoms with Crippen molar-refractivity contribution in [1.29, 1.82) is 0 Å². The van der Waals surface area contributed by atoms with E-state index in [0.717, 1.165) is 11.3 Å². The van der Waals surface area contributed by atoms with Crippen LogP contribution in [0.25, 0.3) is 77.2 Å². The highest BCUT2D eigenvalue weighted by Crippen LogP contribution is 2.50. The fourth-order valence-electron chi connectivity index (χ4n) is 6.57. The fourth-order valence-corrected chi connectivity index (χ4v) is 13.4. The predicted molar refractivity (Wildman–Crippen MR) is 230 cm³/mol. The van der Waals surface area contributed by atoms with Crippen LogP contribution in [-0.4, -0.2) is 71.8 Å². The number of thiophene rings is 4. The average molecular weight is 959 g/mol. The molecule has 16 nitrogen and oxygen atoms in total. The first kappa shape index (κ1) is 40.4. The standard InChI is InChI=1S/C36H22N4O12S8/c41-57(42,43)28-9-5-24(53-28)22-15-21-14-19-2-1-17(37-19)13-18-3-4-20(38-18)16-23-32(25-6-10-29(54-25)58(44,45)46)33(26-7-11-30(55-26)59(47,48)49)36(40-23)34(35(22)39-21)27-8-12-31(56-27)60(50,51)52/h1-16,37,40H,(H,41,42,43)(H,44,45,46)(H,47,48,49)(H,50,51,52). The lowest BCUT2D eigenvalue weighted by atomic mass is 10.00. The van der Waals surface area contributed by atoms with E-state index in [-0.39, 0.29) is 52.3 Å². The van der Waals surface area contributed by atoms with Gasteiger partial charge in [-0.3, -0.25) is 18.2 Å². The number of rotatable bonds is 8. The van der Waals surface area contributed by atoms with Crippen molar-refractivity contribution >= 4 is 132 Å². The number of aromatic nitrogens is 4. The summed E-state index contributed by atoms with van der Waals surface area (Å²) in [6.07, 6.45) is 5.13. The molecule has 8 bridgehead atoms. The van der Waals surface area contributed by atoms with E-state index in [9.17, 15) is 51.9 Å². The SMILES string of the molecule is O=S(=O)(O)c1ccc(C2=Cc3cc4ccc(cc5nc(cc6[nH]c(c(-c7ccc(S(=O)(=O)O)s7)c2n3)c(-c2ccc(S(=O)(=O)O)s2)c6-c2ccc(S(=O)(=O)O)s2)C=C5)[nH]4)s1. The Morgan fingerprint density at radius 1 is 0.450 bits per heavy atom. The van der Waals surface area contributed by atoms with Crippen molar-refractivity contribution in [3.63, 3.8) is 0 Å². The van der Waals surface area contributed by atoms with Crippen LogP contribution in [0.1, 0.15) is 27.7 Å². The molecule has 0 saturated carbocycles. The Kier molecular flexibility index (Phi) is 9.65. The van der Waals surface area contributed by atoms with E-state index < -0.39 is 53.1 Å². The van der Waals surface area contributed by atoms with Crippen molar-refractivity contribution in [2.45, 2.75) is 16.8 Å². The molecule has 2 aliphatic heterocycles. The molecule has 306 valence electrons. The van der Waals surface area contributed by atoms with Crippen LogP contribution < -0.4 is 0 Å². The molecular formula is C36H22N4O12S8. The maximum Gasteiger partial charge on any atom is 0.304 e. The molecule has 9 rings (SSSR count). The highest BCUT2D eigenvalue weighted by Gasteiger charge is 2.29. The molecule has 0 spiro atoms. The summed E-state index contributed by atoms with van der Waals surface area (Å²) in [5.41, 5.74) is 4.09. The Morgan fingerprint density at radius 3 is 1.38 bits per heavy atom. The van der Waals surface area contributed by atoms with Crippen molar-refractivity contribution < 1.29 is 51.9 Å². The van der Waals surface area contributed by atoms with Gasteiger partial charge in [-0.25, -0.2) is 9.97 Å². The largest absolute Gasteiger partial charge is 0.355 e. The zero-order chi connectivity index (χ0) is 42.5. The highest BCUT2D eigenvalue weighted by atomic mass is 32.3. The fraction of sp³-hybridized carbons (Fsp3) is 0. The maximum absolute atomic E-state index is 12.5. The minimum atomic E-state index is -4.77. The first-order valence-corrected chi connectivity index (χ1v) is 25.7. The summed E-state index contributed by atoms with van der Waals surface area (Å²) in [4.78, 5) is 17.3. The van der Waals surface area contributed by atoms with Gasteiger partial charge in [0.15, 0.2) is 0 Å². The third-order valence-electron chi connectivity index (χ3n) is 8.96. The maximum atomic E-state index is 12.5. The number of fused-ring (bicyclic) bond motifs is 8. The van der Waals surface area contributed by atoms with Gasteiger partial charge in [0.25, 0.3) is 0 Å². The summed E-state index contributed by atoms with van der Waals surface area (Å²) in [5.74, 6) is 0. The second-order valence-corrected chi connectivity index (χ2v) is 23.9. The number of aromatic amines is 2. The molecule has 6 N–H and O–H groups in total. The lowest BCUT2D eigenvalue weighted by molar-refractivity contribution is 0.483. The van der Waals surface area contributed by atoms with E-state index in [1.807, 2.05) is 6.07 Å². The summed E-state index contributed by atoms with van der Waals surface area (Å²) in [5, 5.41) is 0. The van der Waals surface area contributed by atoms with Crippen molar-refractivity contribution in [2.75, 3.05) is 0 Å². The summed E-state index contributed by atoms with van der Waals surface area (Å²) in [6, 6.07) is 19.2.